The second-order valence-electron chi connectivity index (χ2n) is 2.99. The van der Waals surface area contributed by atoms with Crippen LogP contribution in [-0.2, 0) is 4.79 Å². The van der Waals surface area contributed by atoms with Crippen molar-refractivity contribution in [3.8, 4) is 0 Å². The summed E-state index contributed by atoms with van der Waals surface area (Å²) in [5, 5.41) is 28.2. The molecule has 0 saturated carbocycles. The van der Waals surface area contributed by atoms with Gasteiger partial charge in [-0.25, -0.2) is 4.79 Å². The molecule has 0 heterocycles. The zero-order valence-corrected chi connectivity index (χ0v) is 8.11. The molecule has 0 radical (unpaired) electrons. The van der Waals surface area contributed by atoms with Crippen molar-refractivity contribution in [1.29, 1.82) is 0 Å². The predicted molar refractivity (Wildman–Crippen MR) is 54.8 cm³/mol. The lowest BCUT2D eigenvalue weighted by Gasteiger charge is -2.04. The Balaban J connectivity index is 2.81. The number of aliphatic hydroxyl groups excluding tert-OH is 1. The number of hydrogen-bond donors (Lipinski definition) is 2. The quantitative estimate of drug-likeness (QED) is 0.454. The van der Waals surface area contributed by atoms with Gasteiger partial charge < -0.3 is 10.2 Å². The van der Waals surface area contributed by atoms with Gasteiger partial charge in [-0.1, -0.05) is 0 Å². The average molecular weight is 223 g/mol. The van der Waals surface area contributed by atoms with Gasteiger partial charge in [0, 0.05) is 18.2 Å². The van der Waals surface area contributed by atoms with E-state index in [1.54, 1.807) is 0 Å². The summed E-state index contributed by atoms with van der Waals surface area (Å²) >= 11 is 0. The SMILES string of the molecule is O=C(O)C=CC(O)c1ccc([N+](=O)[O-])cc1. The number of nitro groups is 1. The average Bonchev–Trinajstić information content (AvgIpc) is 2.26. The fourth-order valence-electron chi connectivity index (χ4n) is 1.08. The van der Waals surface area contributed by atoms with E-state index in [1.165, 1.54) is 24.3 Å². The fourth-order valence-corrected chi connectivity index (χ4v) is 1.08. The maximum atomic E-state index is 10.3. The summed E-state index contributed by atoms with van der Waals surface area (Å²) in [5.74, 6) is -1.17. The van der Waals surface area contributed by atoms with Gasteiger partial charge in [0.15, 0.2) is 0 Å². The van der Waals surface area contributed by atoms with Crippen LogP contribution in [0.15, 0.2) is 36.4 Å². The second-order valence-corrected chi connectivity index (χ2v) is 2.99. The van der Waals surface area contributed by atoms with Crippen LogP contribution in [0.1, 0.15) is 11.7 Å². The molecule has 0 bridgehead atoms. The Morgan fingerprint density at radius 3 is 2.38 bits per heavy atom. The van der Waals surface area contributed by atoms with Crippen LogP contribution in [0.4, 0.5) is 5.69 Å². The second kappa shape index (κ2) is 5.04. The third-order valence-corrected chi connectivity index (χ3v) is 1.87. The van der Waals surface area contributed by atoms with Gasteiger partial charge in [0.25, 0.3) is 5.69 Å². The molecule has 0 spiro atoms. The largest absolute Gasteiger partial charge is 0.478 e. The van der Waals surface area contributed by atoms with Gasteiger partial charge in [0.05, 0.1) is 11.0 Å². The van der Waals surface area contributed by atoms with Crippen LogP contribution in [0.3, 0.4) is 0 Å². The number of carboxylic acid groups (broad SMARTS) is 1. The maximum Gasteiger partial charge on any atom is 0.328 e. The molecule has 1 unspecified atom stereocenters. The number of non-ortho nitro benzene ring substituents is 1. The number of rotatable bonds is 4. The summed E-state index contributed by atoms with van der Waals surface area (Å²) in [6.45, 7) is 0. The molecule has 84 valence electrons. The summed E-state index contributed by atoms with van der Waals surface area (Å²) < 4.78 is 0. The Hall–Kier alpha value is -2.21. The lowest BCUT2D eigenvalue weighted by molar-refractivity contribution is -0.384. The summed E-state index contributed by atoms with van der Waals surface area (Å²) in [4.78, 5) is 20.0. The molecule has 0 fully saturated rings. The molecule has 6 heteroatoms. The normalized spacial score (nSPS) is 12.6. The maximum absolute atomic E-state index is 10.3. The van der Waals surface area contributed by atoms with Crippen molar-refractivity contribution >= 4 is 11.7 Å². The first-order valence-corrected chi connectivity index (χ1v) is 4.34. The highest BCUT2D eigenvalue weighted by Crippen LogP contribution is 2.18. The molecule has 0 aromatic heterocycles. The number of benzene rings is 1. The van der Waals surface area contributed by atoms with Gasteiger partial charge in [-0.3, -0.25) is 10.1 Å². The molecule has 0 amide bonds. The van der Waals surface area contributed by atoms with Crippen LogP contribution in [0.25, 0.3) is 0 Å². The zero-order chi connectivity index (χ0) is 12.1. The van der Waals surface area contributed by atoms with Crippen LogP contribution in [0.2, 0.25) is 0 Å². The smallest absolute Gasteiger partial charge is 0.328 e. The molecule has 0 aliphatic heterocycles. The first-order valence-electron chi connectivity index (χ1n) is 4.34. The van der Waals surface area contributed by atoms with Crippen molar-refractivity contribution in [2.75, 3.05) is 0 Å². The van der Waals surface area contributed by atoms with Crippen LogP contribution in [0, 0.1) is 10.1 Å². The molecule has 1 aromatic carbocycles. The van der Waals surface area contributed by atoms with Crippen molar-refractivity contribution in [2.45, 2.75) is 6.10 Å². The third kappa shape index (κ3) is 3.18. The van der Waals surface area contributed by atoms with Crippen molar-refractivity contribution in [2.24, 2.45) is 0 Å². The van der Waals surface area contributed by atoms with E-state index in [0.29, 0.717) is 5.56 Å². The first-order chi connectivity index (χ1) is 7.50. The van der Waals surface area contributed by atoms with Crippen LogP contribution >= 0.6 is 0 Å². The number of hydrogen-bond acceptors (Lipinski definition) is 4. The van der Waals surface area contributed by atoms with E-state index in [4.69, 9.17) is 5.11 Å². The highest BCUT2D eigenvalue weighted by molar-refractivity contribution is 5.79. The van der Waals surface area contributed by atoms with Crippen molar-refractivity contribution < 1.29 is 19.9 Å². The topological polar surface area (TPSA) is 101 Å². The van der Waals surface area contributed by atoms with E-state index in [0.717, 1.165) is 12.2 Å². The van der Waals surface area contributed by atoms with Gasteiger partial charge >= 0.3 is 5.97 Å². The monoisotopic (exact) mass is 223 g/mol. The fraction of sp³-hybridized carbons (Fsp3) is 0.100. The minimum absolute atomic E-state index is 0.0850. The molecule has 6 nitrogen and oxygen atoms in total. The number of nitrogens with zero attached hydrogens (tertiary/aromatic N) is 1. The van der Waals surface area contributed by atoms with Gasteiger partial charge in [0.2, 0.25) is 0 Å². The van der Waals surface area contributed by atoms with Gasteiger partial charge in [-0.05, 0) is 23.8 Å². The number of carboxylic acids is 1. The molecule has 16 heavy (non-hydrogen) atoms. The molecule has 1 rings (SSSR count). The molecule has 1 atom stereocenters. The number of aliphatic hydroxyl groups is 1. The molecular formula is C10H9NO5. The van der Waals surface area contributed by atoms with Crippen molar-refractivity contribution in [3.05, 3.63) is 52.1 Å². The molecule has 0 aliphatic carbocycles. The van der Waals surface area contributed by atoms with Crippen molar-refractivity contribution in [1.82, 2.24) is 0 Å². The zero-order valence-electron chi connectivity index (χ0n) is 8.11. The van der Waals surface area contributed by atoms with Gasteiger partial charge in [-0.15, -0.1) is 0 Å². The Labute approximate surface area is 90.6 Å². The Bertz CT molecular complexity index is 423. The van der Waals surface area contributed by atoms with Crippen molar-refractivity contribution in [3.63, 3.8) is 0 Å². The van der Waals surface area contributed by atoms with Crippen LogP contribution < -0.4 is 0 Å². The number of aliphatic carboxylic acids is 1. The highest BCUT2D eigenvalue weighted by Gasteiger charge is 2.08. The van der Waals surface area contributed by atoms with Crippen LogP contribution in [0.5, 0.6) is 0 Å². The van der Waals surface area contributed by atoms with Gasteiger partial charge in [0.1, 0.15) is 0 Å². The van der Waals surface area contributed by atoms with Gasteiger partial charge in [-0.2, -0.15) is 0 Å². The molecular weight excluding hydrogens is 214 g/mol. The van der Waals surface area contributed by atoms with Crippen LogP contribution in [-0.4, -0.2) is 21.1 Å². The molecule has 0 saturated heterocycles. The number of nitro benzene ring substituents is 1. The molecule has 1 aromatic rings. The summed E-state index contributed by atoms with van der Waals surface area (Å²) in [5.41, 5.74) is 0.307. The number of carbonyl (C=O) groups is 1. The van der Waals surface area contributed by atoms with E-state index < -0.39 is 17.0 Å². The minimum Gasteiger partial charge on any atom is -0.478 e. The van der Waals surface area contributed by atoms with E-state index >= 15 is 0 Å². The summed E-state index contributed by atoms with van der Waals surface area (Å²) in [6.07, 6.45) is 0.812. The third-order valence-electron chi connectivity index (χ3n) is 1.87. The van der Waals surface area contributed by atoms with E-state index in [-0.39, 0.29) is 5.69 Å². The molecule has 0 aliphatic rings. The summed E-state index contributed by atoms with van der Waals surface area (Å²) in [6, 6.07) is 5.23. The minimum atomic E-state index is -1.17. The lowest BCUT2D eigenvalue weighted by Crippen LogP contribution is -1.96. The summed E-state index contributed by atoms with van der Waals surface area (Å²) in [7, 11) is 0. The predicted octanol–water partition coefficient (Wildman–Crippen LogP) is 1.27. The molecule has 2 N–H and O–H groups in total. The Kier molecular flexibility index (Phi) is 3.73. The van der Waals surface area contributed by atoms with E-state index in [2.05, 4.69) is 0 Å². The van der Waals surface area contributed by atoms with E-state index in [1.807, 2.05) is 0 Å². The Morgan fingerprint density at radius 1 is 1.38 bits per heavy atom. The standard InChI is InChI=1S/C10H9NO5/c12-9(5-6-10(13)14)7-1-3-8(4-2-7)11(15)16/h1-6,9,12H,(H,13,14). The lowest BCUT2D eigenvalue weighted by atomic mass is 10.1. The highest BCUT2D eigenvalue weighted by atomic mass is 16.6. The first kappa shape index (κ1) is 11.9. The van der Waals surface area contributed by atoms with E-state index in [9.17, 15) is 20.0 Å². The Morgan fingerprint density at radius 2 is 1.94 bits per heavy atom.